The second-order valence-electron chi connectivity index (χ2n) is 6.86. The molecular formula is C20H17N3O3S2. The van der Waals surface area contributed by atoms with Gasteiger partial charge >= 0.3 is 5.97 Å². The lowest BCUT2D eigenvalue weighted by molar-refractivity contribution is -0.125. The summed E-state index contributed by atoms with van der Waals surface area (Å²) in [5, 5.41) is 12.8. The lowest BCUT2D eigenvalue weighted by atomic mass is 9.98. The highest BCUT2D eigenvalue weighted by Crippen LogP contribution is 2.39. The molecule has 142 valence electrons. The summed E-state index contributed by atoms with van der Waals surface area (Å²) in [7, 11) is 0. The third-order valence-electron chi connectivity index (χ3n) is 4.67. The molecule has 0 spiro atoms. The third-order valence-corrected chi connectivity index (χ3v) is 6.94. The number of ether oxygens (including phenoxy) is 1. The average molecular weight is 412 g/mol. The van der Waals surface area contributed by atoms with Gasteiger partial charge in [-0.3, -0.25) is 4.79 Å². The summed E-state index contributed by atoms with van der Waals surface area (Å²) >= 11 is 2.85. The van der Waals surface area contributed by atoms with Gasteiger partial charge in [-0.05, 0) is 49.9 Å². The fraction of sp³-hybridized carbons (Fsp3) is 0.300. The molecule has 3 aromatic rings. The molecular weight excluding hydrogens is 394 g/mol. The number of thiazole rings is 1. The minimum atomic E-state index is -0.896. The predicted octanol–water partition coefficient (Wildman–Crippen LogP) is 3.99. The average Bonchev–Trinajstić information content (AvgIpc) is 3.29. The number of aromatic nitrogens is 1. The Hall–Kier alpha value is -2.76. The zero-order valence-corrected chi connectivity index (χ0v) is 16.7. The van der Waals surface area contributed by atoms with Crippen molar-refractivity contribution in [3.8, 4) is 16.0 Å². The van der Waals surface area contributed by atoms with E-state index in [-0.39, 0.29) is 5.92 Å². The van der Waals surface area contributed by atoms with Gasteiger partial charge in [0.25, 0.3) is 5.91 Å². The van der Waals surface area contributed by atoms with Crippen LogP contribution in [-0.2, 0) is 9.53 Å². The Labute approximate surface area is 169 Å². The first-order valence-electron chi connectivity index (χ1n) is 8.84. The Morgan fingerprint density at radius 1 is 1.29 bits per heavy atom. The smallest absolute Gasteiger partial charge is 0.348 e. The molecule has 0 bridgehead atoms. The summed E-state index contributed by atoms with van der Waals surface area (Å²) < 4.78 is 6.21. The third kappa shape index (κ3) is 3.77. The second-order valence-corrected chi connectivity index (χ2v) is 8.98. The standard InChI is InChI=1S/C20H17N3O3S2/c1-20(11-21,12-6-7-12)23-17(24)10-26-19(25)16-9-8-15(27-16)18-22-13-4-2-3-5-14(13)28-18/h2-5,8-9,12H,6-7,10H2,1H3,(H,23,24)/t20-/m1/s1. The van der Waals surface area contributed by atoms with Gasteiger partial charge in [-0.1, -0.05) is 12.1 Å². The molecule has 2 aromatic heterocycles. The highest BCUT2D eigenvalue weighted by molar-refractivity contribution is 7.26. The SMILES string of the molecule is C[C@](C#N)(NC(=O)COC(=O)c1ccc(-c2nc3ccccc3s2)s1)C1CC1. The first kappa shape index (κ1) is 18.6. The molecule has 8 heteroatoms. The molecule has 0 radical (unpaired) electrons. The molecule has 28 heavy (non-hydrogen) atoms. The number of esters is 1. The molecule has 1 aliphatic carbocycles. The molecule has 1 aliphatic rings. The normalized spacial score (nSPS) is 15.6. The largest absolute Gasteiger partial charge is 0.451 e. The van der Waals surface area contributed by atoms with Crippen LogP contribution in [0.1, 0.15) is 29.4 Å². The van der Waals surface area contributed by atoms with Gasteiger partial charge in [0.2, 0.25) is 0 Å². The van der Waals surface area contributed by atoms with Crippen LogP contribution < -0.4 is 5.32 Å². The van der Waals surface area contributed by atoms with Crippen LogP contribution in [0.3, 0.4) is 0 Å². The summed E-state index contributed by atoms with van der Waals surface area (Å²) in [6, 6.07) is 13.5. The van der Waals surface area contributed by atoms with E-state index in [1.54, 1.807) is 24.3 Å². The van der Waals surface area contributed by atoms with E-state index in [0.29, 0.717) is 4.88 Å². The fourth-order valence-electron chi connectivity index (χ4n) is 2.95. The molecule has 1 atom stereocenters. The van der Waals surface area contributed by atoms with E-state index in [9.17, 15) is 14.9 Å². The van der Waals surface area contributed by atoms with Crippen molar-refractivity contribution >= 4 is 44.8 Å². The van der Waals surface area contributed by atoms with Gasteiger partial charge in [0.15, 0.2) is 6.61 Å². The fourth-order valence-corrected chi connectivity index (χ4v) is 4.87. The van der Waals surface area contributed by atoms with Crippen LogP contribution in [0.15, 0.2) is 36.4 Å². The number of amides is 1. The Morgan fingerprint density at radius 3 is 2.79 bits per heavy atom. The molecule has 1 fully saturated rings. The van der Waals surface area contributed by atoms with Crippen molar-refractivity contribution in [2.45, 2.75) is 25.3 Å². The van der Waals surface area contributed by atoms with Gasteiger partial charge in [-0.15, -0.1) is 22.7 Å². The quantitative estimate of drug-likeness (QED) is 0.619. The molecule has 4 rings (SSSR count). The molecule has 6 nitrogen and oxygen atoms in total. The van der Waals surface area contributed by atoms with Crippen molar-refractivity contribution in [3.05, 3.63) is 41.3 Å². The van der Waals surface area contributed by atoms with E-state index in [2.05, 4.69) is 16.4 Å². The number of nitrogens with one attached hydrogen (secondary N) is 1. The van der Waals surface area contributed by atoms with Crippen molar-refractivity contribution in [2.24, 2.45) is 5.92 Å². The number of hydrogen-bond acceptors (Lipinski definition) is 7. The number of thiophene rings is 1. The molecule has 0 saturated heterocycles. The highest BCUT2D eigenvalue weighted by atomic mass is 32.1. The Kier molecular flexibility index (Phi) is 4.87. The van der Waals surface area contributed by atoms with Crippen LogP contribution in [0.5, 0.6) is 0 Å². The van der Waals surface area contributed by atoms with Crippen LogP contribution >= 0.6 is 22.7 Å². The van der Waals surface area contributed by atoms with Gasteiger partial charge in [-0.2, -0.15) is 5.26 Å². The molecule has 1 saturated carbocycles. The molecule has 1 N–H and O–H groups in total. The summed E-state index contributed by atoms with van der Waals surface area (Å²) in [6.45, 7) is 1.30. The lowest BCUT2D eigenvalue weighted by Gasteiger charge is -2.22. The summed E-state index contributed by atoms with van der Waals surface area (Å²) in [5.41, 5.74) is 0.0276. The lowest BCUT2D eigenvalue weighted by Crippen LogP contribution is -2.48. The van der Waals surface area contributed by atoms with E-state index in [1.165, 1.54) is 11.3 Å². The Balaban J connectivity index is 1.38. The maximum Gasteiger partial charge on any atom is 0.348 e. The Morgan fingerprint density at radius 2 is 2.07 bits per heavy atom. The number of nitrogens with zero attached hydrogens (tertiary/aromatic N) is 2. The zero-order chi connectivity index (χ0) is 19.7. The van der Waals surface area contributed by atoms with E-state index >= 15 is 0 Å². The number of rotatable bonds is 6. The minimum absolute atomic E-state index is 0.172. The van der Waals surface area contributed by atoms with Crippen molar-refractivity contribution in [3.63, 3.8) is 0 Å². The first-order valence-corrected chi connectivity index (χ1v) is 10.5. The maximum absolute atomic E-state index is 12.3. The van der Waals surface area contributed by atoms with E-state index in [0.717, 1.165) is 32.9 Å². The monoisotopic (exact) mass is 411 g/mol. The van der Waals surface area contributed by atoms with Crippen molar-refractivity contribution in [1.82, 2.24) is 10.3 Å². The van der Waals surface area contributed by atoms with Crippen molar-refractivity contribution in [2.75, 3.05) is 6.61 Å². The first-order chi connectivity index (χ1) is 13.5. The summed E-state index contributed by atoms with van der Waals surface area (Å²) in [5.74, 6) is -0.851. The number of benzene rings is 1. The van der Waals surface area contributed by atoms with Crippen LogP contribution in [0, 0.1) is 17.2 Å². The van der Waals surface area contributed by atoms with Gasteiger partial charge in [0.1, 0.15) is 15.4 Å². The highest BCUT2D eigenvalue weighted by Gasteiger charge is 2.43. The zero-order valence-electron chi connectivity index (χ0n) is 15.1. The van der Waals surface area contributed by atoms with Crippen molar-refractivity contribution in [1.29, 1.82) is 5.26 Å². The maximum atomic E-state index is 12.3. The van der Waals surface area contributed by atoms with Crippen molar-refractivity contribution < 1.29 is 14.3 Å². The van der Waals surface area contributed by atoms with Gasteiger partial charge in [0.05, 0.1) is 21.2 Å². The van der Waals surface area contributed by atoms with E-state index < -0.39 is 24.0 Å². The van der Waals surface area contributed by atoms with Gasteiger partial charge in [0, 0.05) is 0 Å². The van der Waals surface area contributed by atoms with Crippen LogP contribution in [0.2, 0.25) is 0 Å². The van der Waals surface area contributed by atoms with E-state index in [4.69, 9.17) is 4.74 Å². The second kappa shape index (κ2) is 7.34. The van der Waals surface area contributed by atoms with E-state index in [1.807, 2.05) is 30.3 Å². The summed E-state index contributed by atoms with van der Waals surface area (Å²) in [4.78, 5) is 30.2. The van der Waals surface area contributed by atoms with Gasteiger partial charge < -0.3 is 10.1 Å². The molecule has 0 aliphatic heterocycles. The van der Waals surface area contributed by atoms with Crippen LogP contribution in [-0.4, -0.2) is 29.0 Å². The number of carbonyl (C=O) groups excluding carboxylic acids is 2. The number of nitriles is 1. The molecule has 1 aromatic carbocycles. The number of para-hydroxylation sites is 1. The topological polar surface area (TPSA) is 92.1 Å². The number of carbonyl (C=O) groups is 2. The number of hydrogen-bond donors (Lipinski definition) is 1. The number of fused-ring (bicyclic) bond motifs is 1. The summed E-state index contributed by atoms with van der Waals surface area (Å²) in [6.07, 6.45) is 1.85. The van der Waals surface area contributed by atoms with Crippen LogP contribution in [0.4, 0.5) is 0 Å². The predicted molar refractivity (Wildman–Crippen MR) is 108 cm³/mol. The molecule has 2 heterocycles. The minimum Gasteiger partial charge on any atom is -0.451 e. The molecule has 0 unspecified atom stereocenters. The van der Waals surface area contributed by atoms with Crippen LogP contribution in [0.25, 0.3) is 20.1 Å². The molecule has 1 amide bonds. The Bertz CT molecular complexity index is 1060. The van der Waals surface area contributed by atoms with Gasteiger partial charge in [-0.25, -0.2) is 9.78 Å².